The predicted molar refractivity (Wildman–Crippen MR) is 79.4 cm³/mol. The van der Waals surface area contributed by atoms with E-state index in [-0.39, 0.29) is 11.5 Å². The minimum atomic E-state index is -0.959. The number of carbonyl (C=O) groups is 2. The lowest BCUT2D eigenvalue weighted by Gasteiger charge is -2.44. The number of likely N-dealkylation sites (tertiary alicyclic amines) is 1. The van der Waals surface area contributed by atoms with Gasteiger partial charge in [-0.15, -0.1) is 0 Å². The van der Waals surface area contributed by atoms with Crippen molar-refractivity contribution >= 4 is 11.9 Å². The number of rotatable bonds is 2. The first-order chi connectivity index (χ1) is 10.2. The monoisotopic (exact) mass is 287 g/mol. The van der Waals surface area contributed by atoms with Gasteiger partial charge in [-0.3, -0.25) is 4.79 Å². The average Bonchev–Trinajstić information content (AvgIpc) is 2.53. The van der Waals surface area contributed by atoms with Crippen molar-refractivity contribution in [2.24, 2.45) is 5.92 Å². The molecule has 1 aliphatic heterocycles. The first-order valence-corrected chi connectivity index (χ1v) is 7.81. The molecule has 1 aliphatic carbocycles. The lowest BCUT2D eigenvalue weighted by molar-refractivity contribution is 0.0390. The van der Waals surface area contributed by atoms with Crippen LogP contribution in [-0.4, -0.2) is 34.5 Å². The number of carbonyl (C=O) groups excluding carboxylic acids is 1. The predicted octanol–water partition coefficient (Wildman–Crippen LogP) is 3.18. The molecule has 2 fully saturated rings. The van der Waals surface area contributed by atoms with Crippen molar-refractivity contribution in [3.05, 3.63) is 35.4 Å². The third kappa shape index (κ3) is 2.80. The summed E-state index contributed by atoms with van der Waals surface area (Å²) < 4.78 is 0. The topological polar surface area (TPSA) is 57.6 Å². The van der Waals surface area contributed by atoms with Crippen LogP contribution in [0.4, 0.5) is 0 Å². The SMILES string of the molecule is O=C(O)c1ccc(C(=O)N2CCCC3CCCCC32)cc1. The molecule has 1 amide bonds. The van der Waals surface area contributed by atoms with Gasteiger partial charge in [-0.25, -0.2) is 4.79 Å². The van der Waals surface area contributed by atoms with Crippen LogP contribution in [0.1, 0.15) is 59.2 Å². The molecule has 1 N–H and O–H groups in total. The Morgan fingerprint density at radius 2 is 1.57 bits per heavy atom. The maximum absolute atomic E-state index is 12.7. The third-order valence-electron chi connectivity index (χ3n) is 4.88. The first kappa shape index (κ1) is 14.1. The van der Waals surface area contributed by atoms with Gasteiger partial charge in [0.1, 0.15) is 0 Å². The lowest BCUT2D eigenvalue weighted by atomic mass is 9.78. The highest BCUT2D eigenvalue weighted by Crippen LogP contribution is 2.35. The van der Waals surface area contributed by atoms with Crippen molar-refractivity contribution in [3.8, 4) is 0 Å². The van der Waals surface area contributed by atoms with E-state index >= 15 is 0 Å². The highest BCUT2D eigenvalue weighted by Gasteiger charge is 2.35. The molecular formula is C17H21NO3. The van der Waals surface area contributed by atoms with Gasteiger partial charge >= 0.3 is 5.97 Å². The van der Waals surface area contributed by atoms with Gasteiger partial charge in [-0.1, -0.05) is 12.8 Å². The van der Waals surface area contributed by atoms with Crippen LogP contribution in [0.5, 0.6) is 0 Å². The van der Waals surface area contributed by atoms with Crippen LogP contribution >= 0.6 is 0 Å². The highest BCUT2D eigenvalue weighted by molar-refractivity contribution is 5.96. The maximum Gasteiger partial charge on any atom is 0.335 e. The van der Waals surface area contributed by atoms with Gasteiger partial charge in [-0.05, 0) is 55.9 Å². The minimum absolute atomic E-state index is 0.0588. The number of hydrogen-bond acceptors (Lipinski definition) is 2. The molecule has 2 unspecified atom stereocenters. The number of carboxylic acids is 1. The van der Waals surface area contributed by atoms with Crippen molar-refractivity contribution in [3.63, 3.8) is 0 Å². The first-order valence-electron chi connectivity index (χ1n) is 7.81. The summed E-state index contributed by atoms with van der Waals surface area (Å²) in [6.45, 7) is 0.834. The summed E-state index contributed by atoms with van der Waals surface area (Å²) in [4.78, 5) is 25.6. The zero-order valence-electron chi connectivity index (χ0n) is 12.1. The summed E-state index contributed by atoms with van der Waals surface area (Å²) in [5.41, 5.74) is 0.826. The van der Waals surface area contributed by atoms with Crippen LogP contribution in [0.25, 0.3) is 0 Å². The molecule has 1 heterocycles. The number of piperidine rings is 1. The standard InChI is InChI=1S/C17H21NO3/c19-16(13-7-9-14(10-8-13)17(20)21)18-11-3-5-12-4-1-2-6-15(12)18/h7-10,12,15H,1-6,11H2,(H,20,21). The van der Waals surface area contributed by atoms with E-state index in [0.29, 0.717) is 17.5 Å². The van der Waals surface area contributed by atoms with E-state index in [4.69, 9.17) is 5.11 Å². The van der Waals surface area contributed by atoms with Crippen LogP contribution in [0, 0.1) is 5.92 Å². The van der Waals surface area contributed by atoms with Crippen molar-refractivity contribution in [2.75, 3.05) is 6.54 Å². The fourth-order valence-electron chi connectivity index (χ4n) is 3.80. The van der Waals surface area contributed by atoms with Crippen LogP contribution in [0.3, 0.4) is 0 Å². The smallest absolute Gasteiger partial charge is 0.335 e. The summed E-state index contributed by atoms with van der Waals surface area (Å²) in [5.74, 6) is -0.238. The second kappa shape index (κ2) is 5.88. The van der Waals surface area contributed by atoms with Gasteiger partial charge in [-0.2, -0.15) is 0 Å². The lowest BCUT2D eigenvalue weighted by Crippen LogP contribution is -2.49. The Hall–Kier alpha value is -1.84. The molecule has 1 saturated heterocycles. The van der Waals surface area contributed by atoms with E-state index < -0.39 is 5.97 Å². The quantitative estimate of drug-likeness (QED) is 0.909. The molecule has 4 nitrogen and oxygen atoms in total. The van der Waals surface area contributed by atoms with E-state index in [1.165, 1.54) is 37.8 Å². The summed E-state index contributed by atoms with van der Waals surface area (Å²) in [6.07, 6.45) is 7.18. The normalized spacial score (nSPS) is 25.2. The Morgan fingerprint density at radius 3 is 2.29 bits per heavy atom. The Labute approximate surface area is 124 Å². The molecule has 0 bridgehead atoms. The number of amides is 1. The van der Waals surface area contributed by atoms with Gasteiger partial charge < -0.3 is 10.0 Å². The number of benzene rings is 1. The Bertz CT molecular complexity index is 535. The summed E-state index contributed by atoms with van der Waals surface area (Å²) >= 11 is 0. The third-order valence-corrected chi connectivity index (χ3v) is 4.88. The van der Waals surface area contributed by atoms with Gasteiger partial charge in [0.05, 0.1) is 5.56 Å². The van der Waals surface area contributed by atoms with Gasteiger partial charge in [0, 0.05) is 18.2 Å². The number of nitrogens with zero attached hydrogens (tertiary/aromatic N) is 1. The molecule has 1 aromatic rings. The van der Waals surface area contributed by atoms with E-state index in [9.17, 15) is 9.59 Å². The highest BCUT2D eigenvalue weighted by atomic mass is 16.4. The van der Waals surface area contributed by atoms with Crippen molar-refractivity contribution in [1.29, 1.82) is 0 Å². The maximum atomic E-state index is 12.7. The van der Waals surface area contributed by atoms with Crippen LogP contribution in [0.15, 0.2) is 24.3 Å². The number of fused-ring (bicyclic) bond motifs is 1. The molecule has 0 radical (unpaired) electrons. The Morgan fingerprint density at radius 1 is 0.952 bits per heavy atom. The second-order valence-electron chi connectivity index (χ2n) is 6.14. The summed E-state index contributed by atoms with van der Waals surface area (Å²) in [5, 5.41) is 8.92. The molecule has 1 aromatic carbocycles. The van der Waals surface area contributed by atoms with E-state index in [0.717, 1.165) is 19.4 Å². The molecule has 0 aromatic heterocycles. The van der Waals surface area contributed by atoms with E-state index in [1.807, 2.05) is 4.90 Å². The second-order valence-corrected chi connectivity index (χ2v) is 6.14. The van der Waals surface area contributed by atoms with Crippen LogP contribution < -0.4 is 0 Å². The van der Waals surface area contributed by atoms with Gasteiger partial charge in [0.2, 0.25) is 0 Å². The molecule has 112 valence electrons. The zero-order valence-corrected chi connectivity index (χ0v) is 12.1. The fraction of sp³-hybridized carbons (Fsp3) is 0.529. The van der Waals surface area contributed by atoms with E-state index in [1.54, 1.807) is 12.1 Å². The van der Waals surface area contributed by atoms with Crippen LogP contribution in [-0.2, 0) is 0 Å². The summed E-state index contributed by atoms with van der Waals surface area (Å²) in [6, 6.07) is 6.69. The Kier molecular flexibility index (Phi) is 3.95. The molecular weight excluding hydrogens is 266 g/mol. The minimum Gasteiger partial charge on any atom is -0.478 e. The molecule has 3 rings (SSSR count). The number of hydrogen-bond donors (Lipinski definition) is 1. The number of aromatic carboxylic acids is 1. The van der Waals surface area contributed by atoms with Crippen molar-refractivity contribution in [2.45, 2.75) is 44.6 Å². The van der Waals surface area contributed by atoms with Gasteiger partial charge in [0.15, 0.2) is 0 Å². The number of carboxylic acid groups (broad SMARTS) is 1. The van der Waals surface area contributed by atoms with E-state index in [2.05, 4.69) is 0 Å². The zero-order chi connectivity index (χ0) is 14.8. The average molecular weight is 287 g/mol. The molecule has 21 heavy (non-hydrogen) atoms. The molecule has 0 spiro atoms. The Balaban J connectivity index is 1.78. The molecule has 1 saturated carbocycles. The molecule has 2 atom stereocenters. The fourth-order valence-corrected chi connectivity index (χ4v) is 3.80. The summed E-state index contributed by atoms with van der Waals surface area (Å²) in [7, 11) is 0. The molecule has 2 aliphatic rings. The largest absolute Gasteiger partial charge is 0.478 e. The molecule has 4 heteroatoms. The van der Waals surface area contributed by atoms with Crippen molar-refractivity contribution in [1.82, 2.24) is 4.90 Å². The van der Waals surface area contributed by atoms with Gasteiger partial charge in [0.25, 0.3) is 5.91 Å². The van der Waals surface area contributed by atoms with Crippen LogP contribution in [0.2, 0.25) is 0 Å². The van der Waals surface area contributed by atoms with Crippen molar-refractivity contribution < 1.29 is 14.7 Å².